The number of esters is 1. The van der Waals surface area contributed by atoms with Crippen molar-refractivity contribution in [3.63, 3.8) is 0 Å². The first-order valence-corrected chi connectivity index (χ1v) is 11.7. The number of ether oxygens (including phenoxy) is 1. The summed E-state index contributed by atoms with van der Waals surface area (Å²) < 4.78 is 18.0. The number of amides is 1. The molecular weight excluding hydrogens is 425 g/mol. The first-order chi connectivity index (χ1) is 14.7. The van der Waals surface area contributed by atoms with E-state index in [0.717, 1.165) is 4.88 Å². The molecule has 2 aromatic rings. The van der Waals surface area contributed by atoms with Crippen LogP contribution in [0.2, 0.25) is 0 Å². The van der Waals surface area contributed by atoms with Gasteiger partial charge in [0.05, 0.1) is 21.8 Å². The van der Waals surface area contributed by atoms with E-state index in [4.69, 9.17) is 14.0 Å². The van der Waals surface area contributed by atoms with Crippen molar-refractivity contribution in [3.05, 3.63) is 40.1 Å². The fraction of sp³-hybridized carbons (Fsp3) is 0.500. The van der Waals surface area contributed by atoms with Gasteiger partial charge in [0.15, 0.2) is 5.75 Å². The van der Waals surface area contributed by atoms with E-state index >= 15 is 0 Å². The molecule has 0 radical (unpaired) electrons. The lowest BCUT2D eigenvalue weighted by Crippen LogP contribution is -2.41. The van der Waals surface area contributed by atoms with E-state index in [0.29, 0.717) is 16.0 Å². The number of hydrogen-bond acceptors (Lipinski definition) is 6. The quantitative estimate of drug-likeness (QED) is 0.392. The monoisotopic (exact) mass is 457 g/mol. The molecule has 1 aliphatic rings. The van der Waals surface area contributed by atoms with Gasteiger partial charge in [0, 0.05) is 16.8 Å². The van der Waals surface area contributed by atoms with Crippen molar-refractivity contribution in [3.8, 4) is 5.75 Å². The van der Waals surface area contributed by atoms with E-state index in [-0.39, 0.29) is 23.5 Å². The van der Waals surface area contributed by atoms with E-state index in [1.165, 1.54) is 11.3 Å². The molecule has 0 unspecified atom stereocenters. The molecule has 1 N–H and O–H groups in total. The number of thiophene rings is 1. The molecule has 0 aliphatic carbocycles. The van der Waals surface area contributed by atoms with Gasteiger partial charge in [0.2, 0.25) is 0 Å². The van der Waals surface area contributed by atoms with Crippen molar-refractivity contribution < 1.29 is 23.6 Å². The van der Waals surface area contributed by atoms with Gasteiger partial charge >= 0.3 is 13.1 Å². The maximum absolute atomic E-state index is 13.0. The molecule has 2 heterocycles. The van der Waals surface area contributed by atoms with Crippen LogP contribution in [0.25, 0.3) is 0 Å². The van der Waals surface area contributed by atoms with Gasteiger partial charge in [0.1, 0.15) is 0 Å². The molecule has 1 fully saturated rings. The zero-order valence-electron chi connectivity index (χ0n) is 20.1. The second kappa shape index (κ2) is 8.65. The highest BCUT2D eigenvalue weighted by Gasteiger charge is 2.52. The predicted octanol–water partition coefficient (Wildman–Crippen LogP) is 4.91. The van der Waals surface area contributed by atoms with Crippen molar-refractivity contribution in [2.45, 2.75) is 78.4 Å². The maximum atomic E-state index is 13.0. The first kappa shape index (κ1) is 24.5. The van der Waals surface area contributed by atoms with Crippen LogP contribution < -0.4 is 15.5 Å². The third-order valence-corrected chi connectivity index (χ3v) is 7.38. The molecule has 1 aromatic carbocycles. The molecule has 1 amide bonds. The Morgan fingerprint density at radius 2 is 1.69 bits per heavy atom. The molecule has 1 aromatic heterocycles. The highest BCUT2D eigenvalue weighted by Crippen LogP contribution is 2.38. The largest absolute Gasteiger partial charge is 0.498 e. The predicted molar refractivity (Wildman–Crippen MR) is 129 cm³/mol. The van der Waals surface area contributed by atoms with E-state index in [1.54, 1.807) is 25.1 Å². The number of carbonyl (C=O) groups is 2. The summed E-state index contributed by atoms with van der Waals surface area (Å²) in [4.78, 5) is 26.9. The Hall–Kier alpha value is -2.16. The molecule has 172 valence electrons. The smallest absolute Gasteiger partial charge is 0.425 e. The second-order valence-electron chi connectivity index (χ2n) is 10.0. The van der Waals surface area contributed by atoms with Gasteiger partial charge in [-0.1, -0.05) is 39.8 Å². The molecule has 0 saturated carbocycles. The summed E-state index contributed by atoms with van der Waals surface area (Å²) in [5.41, 5.74) is -0.187. The summed E-state index contributed by atoms with van der Waals surface area (Å²) in [7, 11) is -0.731. The Balaban J connectivity index is 1.96. The summed E-state index contributed by atoms with van der Waals surface area (Å²) in [5.74, 6) is -0.417. The zero-order valence-corrected chi connectivity index (χ0v) is 20.9. The summed E-state index contributed by atoms with van der Waals surface area (Å²) in [6, 6.07) is 9.07. The van der Waals surface area contributed by atoms with Gasteiger partial charge in [-0.2, -0.15) is 0 Å². The number of para-hydroxylation sites is 1. The minimum absolute atomic E-state index is 0.0400. The molecule has 32 heavy (non-hydrogen) atoms. The van der Waals surface area contributed by atoms with E-state index in [1.807, 2.05) is 39.8 Å². The number of hydrogen-bond donors (Lipinski definition) is 1. The molecule has 1 aliphatic heterocycles. The number of benzene rings is 1. The van der Waals surface area contributed by atoms with Crippen LogP contribution in [0.15, 0.2) is 30.3 Å². The van der Waals surface area contributed by atoms with Gasteiger partial charge in [-0.05, 0) is 51.3 Å². The summed E-state index contributed by atoms with van der Waals surface area (Å²) in [6.07, 6.45) is 0.199. The normalized spacial score (nSPS) is 17.3. The number of anilines is 1. The van der Waals surface area contributed by atoms with E-state index in [2.05, 4.69) is 26.1 Å². The lowest BCUT2D eigenvalue weighted by atomic mass is 9.78. The SMILES string of the molecule is CCC(=O)Oc1c(NC(=O)c2ccc(C(C)(C)C)s2)cccc1B1OC(C)(C)C(C)(C)O1. The second-order valence-corrected chi connectivity index (χ2v) is 11.1. The molecular formula is C24H32BNO5S. The third kappa shape index (κ3) is 4.92. The van der Waals surface area contributed by atoms with Crippen LogP contribution in [-0.2, 0) is 19.5 Å². The van der Waals surface area contributed by atoms with Crippen LogP contribution in [0.1, 0.15) is 76.4 Å². The van der Waals surface area contributed by atoms with Crippen molar-refractivity contribution >= 4 is 41.5 Å². The molecule has 1 saturated heterocycles. The van der Waals surface area contributed by atoms with Gasteiger partial charge in [-0.25, -0.2) is 0 Å². The van der Waals surface area contributed by atoms with Crippen molar-refractivity contribution in [1.29, 1.82) is 0 Å². The van der Waals surface area contributed by atoms with Gasteiger partial charge in [-0.3, -0.25) is 9.59 Å². The average molecular weight is 457 g/mol. The van der Waals surface area contributed by atoms with Crippen LogP contribution in [0.4, 0.5) is 5.69 Å². The molecule has 0 atom stereocenters. The van der Waals surface area contributed by atoms with Gasteiger partial charge < -0.3 is 19.4 Å². The minimum Gasteiger partial charge on any atom is -0.425 e. The average Bonchev–Trinajstić information content (AvgIpc) is 3.26. The number of rotatable bonds is 5. The Morgan fingerprint density at radius 3 is 2.22 bits per heavy atom. The molecule has 8 heteroatoms. The summed E-state index contributed by atoms with van der Waals surface area (Å²) >= 11 is 1.45. The standard InChI is InChI=1S/C24H32BNO5S/c1-9-19(27)29-20-15(25-30-23(5,6)24(7,8)31-25)11-10-12-16(20)26-21(28)17-13-14-18(32-17)22(2,3)4/h10-14H,9H2,1-8H3,(H,26,28). The topological polar surface area (TPSA) is 73.9 Å². The summed E-state index contributed by atoms with van der Waals surface area (Å²) in [5, 5.41) is 2.91. The van der Waals surface area contributed by atoms with Crippen LogP contribution >= 0.6 is 11.3 Å². The van der Waals surface area contributed by atoms with Crippen molar-refractivity contribution in [2.24, 2.45) is 0 Å². The minimum atomic E-state index is -0.731. The van der Waals surface area contributed by atoms with E-state index in [9.17, 15) is 9.59 Å². The van der Waals surface area contributed by atoms with Crippen LogP contribution in [0, 0.1) is 0 Å². The Morgan fingerprint density at radius 1 is 1.06 bits per heavy atom. The van der Waals surface area contributed by atoms with E-state index < -0.39 is 24.3 Å². The Kier molecular flexibility index (Phi) is 6.62. The maximum Gasteiger partial charge on any atom is 0.498 e. The van der Waals surface area contributed by atoms with Crippen LogP contribution in [-0.4, -0.2) is 30.2 Å². The summed E-state index contributed by atoms with van der Waals surface area (Å²) in [6.45, 7) is 15.9. The molecule has 0 bridgehead atoms. The molecule has 3 rings (SSSR count). The molecule has 6 nitrogen and oxygen atoms in total. The lowest BCUT2D eigenvalue weighted by molar-refractivity contribution is -0.133. The first-order valence-electron chi connectivity index (χ1n) is 10.9. The Labute approximate surface area is 194 Å². The number of nitrogens with one attached hydrogen (secondary N) is 1. The highest BCUT2D eigenvalue weighted by atomic mass is 32.1. The lowest BCUT2D eigenvalue weighted by Gasteiger charge is -2.32. The van der Waals surface area contributed by atoms with Crippen molar-refractivity contribution in [2.75, 3.05) is 5.32 Å². The van der Waals surface area contributed by atoms with Crippen LogP contribution in [0.5, 0.6) is 5.75 Å². The van der Waals surface area contributed by atoms with Gasteiger partial charge in [0.25, 0.3) is 5.91 Å². The molecule has 0 spiro atoms. The van der Waals surface area contributed by atoms with Crippen molar-refractivity contribution in [1.82, 2.24) is 0 Å². The van der Waals surface area contributed by atoms with Crippen LogP contribution in [0.3, 0.4) is 0 Å². The zero-order chi connectivity index (χ0) is 23.9. The fourth-order valence-electron chi connectivity index (χ4n) is 3.16. The Bertz CT molecular complexity index is 1010. The van der Waals surface area contributed by atoms with Gasteiger partial charge in [-0.15, -0.1) is 11.3 Å². The number of carbonyl (C=O) groups excluding carboxylic acids is 2. The third-order valence-electron chi connectivity index (χ3n) is 5.87. The highest BCUT2D eigenvalue weighted by molar-refractivity contribution is 7.14. The fourth-order valence-corrected chi connectivity index (χ4v) is 4.11.